The molecule has 0 aromatic carbocycles. The third-order valence-electron chi connectivity index (χ3n) is 3.86. The molecule has 0 aromatic rings. The number of hydrogen-bond acceptors (Lipinski definition) is 4. The lowest BCUT2D eigenvalue weighted by Crippen LogP contribution is -2.58. The number of nitrogens with one attached hydrogen (secondary N) is 1. The lowest BCUT2D eigenvalue weighted by atomic mass is 10.0. The number of nitrogens with zero attached hydrogens (tertiary/aromatic N) is 1. The van der Waals surface area contributed by atoms with Crippen molar-refractivity contribution in [2.75, 3.05) is 19.8 Å². The van der Waals surface area contributed by atoms with Gasteiger partial charge in [-0.3, -0.25) is 9.59 Å². The first-order chi connectivity index (χ1) is 10.0. The number of morpholine rings is 1. The molecule has 0 bridgehead atoms. The molecule has 1 heterocycles. The molecule has 2 atom stereocenters. The Morgan fingerprint density at radius 1 is 1.48 bits per heavy atom. The molecule has 2 amide bonds. The monoisotopic (exact) mass is 313 g/mol. The lowest BCUT2D eigenvalue weighted by molar-refractivity contribution is -0.150. The van der Waals surface area contributed by atoms with Crippen molar-refractivity contribution in [3.8, 4) is 0 Å². The van der Waals surface area contributed by atoms with Crippen molar-refractivity contribution in [2.45, 2.75) is 44.7 Å². The summed E-state index contributed by atoms with van der Waals surface area (Å²) < 4.78 is 5.37. The van der Waals surface area contributed by atoms with Crippen LogP contribution in [0, 0.1) is 5.92 Å². The van der Waals surface area contributed by atoms with Gasteiger partial charge in [0.05, 0.1) is 24.1 Å². The molecule has 0 aromatic heterocycles. The lowest BCUT2D eigenvalue weighted by Gasteiger charge is -2.36. The molecule has 1 saturated heterocycles. The van der Waals surface area contributed by atoms with Crippen LogP contribution in [0.1, 0.15) is 32.6 Å². The highest BCUT2D eigenvalue weighted by atomic mass is 32.1. The molecule has 1 aliphatic carbocycles. The first-order valence-corrected chi connectivity index (χ1v) is 7.93. The molecule has 2 unspecified atom stereocenters. The number of hydrogen-bond donors (Lipinski definition) is 2. The third kappa shape index (κ3) is 4.14. The fourth-order valence-corrected chi connectivity index (χ4v) is 2.70. The van der Waals surface area contributed by atoms with Gasteiger partial charge in [-0.05, 0) is 19.3 Å². The van der Waals surface area contributed by atoms with Crippen molar-refractivity contribution in [1.82, 2.24) is 10.2 Å². The molecule has 6 nitrogen and oxygen atoms in total. The van der Waals surface area contributed by atoms with Crippen LogP contribution in [0.5, 0.6) is 0 Å². The molecule has 21 heavy (non-hydrogen) atoms. The molecule has 0 radical (unpaired) electrons. The van der Waals surface area contributed by atoms with E-state index in [0.29, 0.717) is 19.6 Å². The summed E-state index contributed by atoms with van der Waals surface area (Å²) in [5, 5.41) is 2.93. The fraction of sp³-hybridized carbons (Fsp3) is 0.786. The number of carbonyl (C=O) groups excluding carboxylic acids is 2. The van der Waals surface area contributed by atoms with Gasteiger partial charge in [0.25, 0.3) is 0 Å². The quantitative estimate of drug-likeness (QED) is 0.684. The van der Waals surface area contributed by atoms with E-state index in [4.69, 9.17) is 22.7 Å². The van der Waals surface area contributed by atoms with Crippen molar-refractivity contribution in [2.24, 2.45) is 11.7 Å². The first-order valence-electron chi connectivity index (χ1n) is 7.52. The Morgan fingerprint density at radius 2 is 2.19 bits per heavy atom. The summed E-state index contributed by atoms with van der Waals surface area (Å²) in [6, 6.07) is -0.307. The van der Waals surface area contributed by atoms with Crippen LogP contribution in [0.15, 0.2) is 0 Å². The Bertz CT molecular complexity index is 426. The van der Waals surface area contributed by atoms with Gasteiger partial charge in [-0.1, -0.05) is 25.6 Å². The molecule has 0 spiro atoms. The first kappa shape index (κ1) is 16.2. The fourth-order valence-electron chi connectivity index (χ4n) is 2.49. The zero-order valence-electron chi connectivity index (χ0n) is 12.3. The van der Waals surface area contributed by atoms with Crippen LogP contribution in [-0.4, -0.2) is 53.5 Å². The maximum atomic E-state index is 12.7. The van der Waals surface area contributed by atoms with E-state index in [2.05, 4.69) is 5.32 Å². The van der Waals surface area contributed by atoms with E-state index in [1.54, 1.807) is 4.90 Å². The molecular formula is C14H23N3O3S. The zero-order valence-corrected chi connectivity index (χ0v) is 13.2. The van der Waals surface area contributed by atoms with Gasteiger partial charge in [0, 0.05) is 12.6 Å². The van der Waals surface area contributed by atoms with Crippen LogP contribution in [0.25, 0.3) is 0 Å². The SMILES string of the molecule is CCCC(C(=O)N1CCOCC1C(=O)NC1CC1)C(N)=S. The summed E-state index contributed by atoms with van der Waals surface area (Å²) >= 11 is 5.01. The Morgan fingerprint density at radius 3 is 2.76 bits per heavy atom. The topological polar surface area (TPSA) is 84.7 Å². The van der Waals surface area contributed by atoms with E-state index in [1.165, 1.54) is 0 Å². The predicted molar refractivity (Wildman–Crippen MR) is 82.7 cm³/mol. The summed E-state index contributed by atoms with van der Waals surface area (Å²) in [5.41, 5.74) is 5.69. The zero-order chi connectivity index (χ0) is 15.4. The average molecular weight is 313 g/mol. The Balaban J connectivity index is 2.06. The molecule has 1 saturated carbocycles. The van der Waals surface area contributed by atoms with E-state index in [9.17, 15) is 9.59 Å². The summed E-state index contributed by atoms with van der Waals surface area (Å²) in [6.45, 7) is 3.06. The smallest absolute Gasteiger partial charge is 0.245 e. The highest BCUT2D eigenvalue weighted by Gasteiger charge is 2.38. The Kier molecular flexibility index (Phi) is 5.52. The molecule has 2 rings (SSSR count). The van der Waals surface area contributed by atoms with Crippen LogP contribution >= 0.6 is 12.2 Å². The largest absolute Gasteiger partial charge is 0.393 e. The van der Waals surface area contributed by atoms with Crippen LogP contribution in [-0.2, 0) is 14.3 Å². The number of amides is 2. The van der Waals surface area contributed by atoms with Crippen molar-refractivity contribution >= 4 is 29.0 Å². The average Bonchev–Trinajstić information content (AvgIpc) is 3.27. The van der Waals surface area contributed by atoms with Crippen molar-refractivity contribution in [3.05, 3.63) is 0 Å². The van der Waals surface area contributed by atoms with E-state index in [0.717, 1.165) is 19.3 Å². The van der Waals surface area contributed by atoms with Gasteiger partial charge in [0.1, 0.15) is 6.04 Å². The normalized spacial score (nSPS) is 23.5. The summed E-state index contributed by atoms with van der Waals surface area (Å²) in [4.78, 5) is 26.7. The molecule has 2 fully saturated rings. The van der Waals surface area contributed by atoms with E-state index >= 15 is 0 Å². The van der Waals surface area contributed by atoms with Gasteiger partial charge in [-0.15, -0.1) is 0 Å². The van der Waals surface area contributed by atoms with Crippen LogP contribution in [0.4, 0.5) is 0 Å². The van der Waals surface area contributed by atoms with Crippen molar-refractivity contribution in [3.63, 3.8) is 0 Å². The number of nitrogens with two attached hydrogens (primary N) is 1. The van der Waals surface area contributed by atoms with E-state index in [1.807, 2.05) is 6.92 Å². The minimum Gasteiger partial charge on any atom is -0.393 e. The number of carbonyl (C=O) groups is 2. The van der Waals surface area contributed by atoms with Crippen molar-refractivity contribution in [1.29, 1.82) is 0 Å². The maximum Gasteiger partial charge on any atom is 0.245 e. The standard InChI is InChI=1S/C14H23N3O3S/c1-2-3-10(12(15)21)14(19)17-6-7-20-8-11(17)13(18)16-9-4-5-9/h9-11H,2-8H2,1H3,(H2,15,21)(H,16,18). The van der Waals surface area contributed by atoms with E-state index in [-0.39, 0.29) is 29.5 Å². The summed E-state index contributed by atoms with van der Waals surface area (Å²) in [6.07, 6.45) is 3.46. The minimum atomic E-state index is -0.569. The second-order valence-electron chi connectivity index (χ2n) is 5.65. The molecule has 7 heteroatoms. The van der Waals surface area contributed by atoms with Crippen LogP contribution in [0.3, 0.4) is 0 Å². The highest BCUT2D eigenvalue weighted by molar-refractivity contribution is 7.80. The highest BCUT2D eigenvalue weighted by Crippen LogP contribution is 2.21. The van der Waals surface area contributed by atoms with Gasteiger partial charge < -0.3 is 20.7 Å². The number of rotatable bonds is 6. The number of thiocarbonyl (C=S) groups is 1. The van der Waals surface area contributed by atoms with Crippen molar-refractivity contribution < 1.29 is 14.3 Å². The van der Waals surface area contributed by atoms with Crippen LogP contribution < -0.4 is 11.1 Å². The number of ether oxygens (including phenoxy) is 1. The van der Waals surface area contributed by atoms with Gasteiger partial charge in [-0.25, -0.2) is 0 Å². The molecular weight excluding hydrogens is 290 g/mol. The summed E-state index contributed by atoms with van der Waals surface area (Å²) in [7, 11) is 0. The summed E-state index contributed by atoms with van der Waals surface area (Å²) in [5.74, 6) is -0.772. The molecule has 2 aliphatic rings. The molecule has 118 valence electrons. The maximum absolute atomic E-state index is 12.7. The Hall–Kier alpha value is -1.21. The predicted octanol–water partition coefficient (Wildman–Crippen LogP) is 0.195. The third-order valence-corrected chi connectivity index (χ3v) is 4.14. The van der Waals surface area contributed by atoms with E-state index < -0.39 is 12.0 Å². The second kappa shape index (κ2) is 7.17. The van der Waals surface area contributed by atoms with Gasteiger partial charge in [0.2, 0.25) is 11.8 Å². The minimum absolute atomic E-state index is 0.135. The molecule has 3 N–H and O–H groups in total. The van der Waals surface area contributed by atoms with Gasteiger partial charge in [-0.2, -0.15) is 0 Å². The van der Waals surface area contributed by atoms with Crippen LogP contribution in [0.2, 0.25) is 0 Å². The molecule has 1 aliphatic heterocycles. The Labute approximate surface area is 130 Å². The second-order valence-corrected chi connectivity index (χ2v) is 6.12. The van der Waals surface area contributed by atoms with Gasteiger partial charge >= 0.3 is 0 Å². The van der Waals surface area contributed by atoms with Gasteiger partial charge in [0.15, 0.2) is 0 Å².